The summed E-state index contributed by atoms with van der Waals surface area (Å²) in [6, 6.07) is 14.7. The van der Waals surface area contributed by atoms with Gasteiger partial charge in [0, 0.05) is 10.7 Å². The topological polar surface area (TPSA) is 67.4 Å². The van der Waals surface area contributed by atoms with Gasteiger partial charge in [-0.3, -0.25) is 9.59 Å². The summed E-state index contributed by atoms with van der Waals surface area (Å²) in [5.74, 6) is -0.619. The lowest BCUT2D eigenvalue weighted by molar-refractivity contribution is -0.129. The van der Waals surface area contributed by atoms with E-state index in [4.69, 9.17) is 16.3 Å². The van der Waals surface area contributed by atoms with Crippen LogP contribution in [0.4, 0.5) is 5.69 Å². The van der Waals surface area contributed by atoms with Crippen molar-refractivity contribution in [1.82, 2.24) is 5.32 Å². The number of hydrogen-bond acceptors (Lipinski definition) is 3. The summed E-state index contributed by atoms with van der Waals surface area (Å²) in [7, 11) is 0. The fourth-order valence-electron chi connectivity index (χ4n) is 2.21. The summed E-state index contributed by atoms with van der Waals surface area (Å²) >= 11 is 6.01. The van der Waals surface area contributed by atoms with Crippen LogP contribution in [0.15, 0.2) is 48.5 Å². The highest BCUT2D eigenvalue weighted by Gasteiger charge is 2.10. The molecule has 0 aliphatic rings. The Labute approximate surface area is 152 Å². The molecule has 2 rings (SSSR count). The third-order valence-electron chi connectivity index (χ3n) is 3.60. The van der Waals surface area contributed by atoms with Gasteiger partial charge in [0.25, 0.3) is 0 Å². The molecule has 0 aliphatic carbocycles. The minimum absolute atomic E-state index is 0.124. The molecule has 0 unspecified atom stereocenters. The minimum atomic E-state index is -0.344. The van der Waals surface area contributed by atoms with Gasteiger partial charge in [0.15, 0.2) is 0 Å². The quantitative estimate of drug-likeness (QED) is 0.794. The molecule has 6 heteroatoms. The number of halogens is 1. The molecular formula is C19H21ClN2O3. The van der Waals surface area contributed by atoms with Crippen LogP contribution in [-0.2, 0) is 14.3 Å². The molecule has 0 fully saturated rings. The first-order valence-electron chi connectivity index (χ1n) is 7.94. The molecule has 0 spiro atoms. The number of hydrogen-bond donors (Lipinski definition) is 2. The van der Waals surface area contributed by atoms with Crippen LogP contribution < -0.4 is 10.6 Å². The van der Waals surface area contributed by atoms with Crippen molar-refractivity contribution in [2.24, 2.45) is 0 Å². The third-order valence-corrected chi connectivity index (χ3v) is 4.01. The SMILES string of the molecule is Cc1ccc(NC(=O)COCC(=O)N[C@@H](C)c2ccccc2)cc1Cl. The predicted molar refractivity (Wildman–Crippen MR) is 98.6 cm³/mol. The third kappa shape index (κ3) is 6.21. The smallest absolute Gasteiger partial charge is 0.250 e. The number of amides is 2. The largest absolute Gasteiger partial charge is 0.362 e. The molecular weight excluding hydrogens is 340 g/mol. The molecule has 132 valence electrons. The number of benzene rings is 2. The van der Waals surface area contributed by atoms with Crippen molar-refractivity contribution in [2.75, 3.05) is 18.5 Å². The van der Waals surface area contributed by atoms with Crippen LogP contribution in [0.3, 0.4) is 0 Å². The van der Waals surface area contributed by atoms with Gasteiger partial charge in [0.1, 0.15) is 13.2 Å². The van der Waals surface area contributed by atoms with E-state index in [0.717, 1.165) is 11.1 Å². The van der Waals surface area contributed by atoms with Crippen LogP contribution >= 0.6 is 11.6 Å². The summed E-state index contributed by atoms with van der Waals surface area (Å²) in [4.78, 5) is 23.7. The monoisotopic (exact) mass is 360 g/mol. The highest BCUT2D eigenvalue weighted by atomic mass is 35.5. The van der Waals surface area contributed by atoms with Gasteiger partial charge in [-0.25, -0.2) is 0 Å². The van der Waals surface area contributed by atoms with Crippen LogP contribution in [0.5, 0.6) is 0 Å². The van der Waals surface area contributed by atoms with Crippen molar-refractivity contribution in [3.05, 3.63) is 64.7 Å². The predicted octanol–water partition coefficient (Wildman–Crippen LogP) is 3.48. The number of carbonyl (C=O) groups excluding carboxylic acids is 2. The first kappa shape index (κ1) is 19.0. The fraction of sp³-hybridized carbons (Fsp3) is 0.263. The maximum atomic E-state index is 11.9. The molecule has 0 saturated carbocycles. The Kier molecular flexibility index (Phi) is 6.98. The van der Waals surface area contributed by atoms with E-state index in [1.807, 2.05) is 50.2 Å². The van der Waals surface area contributed by atoms with Crippen LogP contribution in [0, 0.1) is 6.92 Å². The first-order chi connectivity index (χ1) is 12.0. The van der Waals surface area contributed by atoms with E-state index in [2.05, 4.69) is 10.6 Å². The number of ether oxygens (including phenoxy) is 1. The van der Waals surface area contributed by atoms with Gasteiger partial charge in [0.05, 0.1) is 6.04 Å². The molecule has 0 aliphatic heterocycles. The summed E-state index contributed by atoms with van der Waals surface area (Å²) < 4.78 is 5.16. The number of anilines is 1. The van der Waals surface area contributed by atoms with Crippen molar-refractivity contribution in [2.45, 2.75) is 19.9 Å². The first-order valence-corrected chi connectivity index (χ1v) is 8.31. The molecule has 2 amide bonds. The second kappa shape index (κ2) is 9.20. The standard InChI is InChI=1S/C19H21ClN2O3/c1-13-8-9-16(10-17(13)20)22-19(24)12-25-11-18(23)21-14(2)15-6-4-3-5-7-15/h3-10,14H,11-12H2,1-2H3,(H,21,23)(H,22,24)/t14-/m0/s1. The van der Waals surface area contributed by atoms with Gasteiger partial charge in [0.2, 0.25) is 11.8 Å². The van der Waals surface area contributed by atoms with Crippen molar-refractivity contribution in [3.8, 4) is 0 Å². The Morgan fingerprint density at radius 2 is 1.76 bits per heavy atom. The zero-order valence-electron chi connectivity index (χ0n) is 14.2. The van der Waals surface area contributed by atoms with Crippen molar-refractivity contribution in [1.29, 1.82) is 0 Å². The molecule has 1 atom stereocenters. The Hall–Kier alpha value is -2.37. The van der Waals surface area contributed by atoms with Crippen LogP contribution in [-0.4, -0.2) is 25.0 Å². The Balaban J connectivity index is 1.71. The zero-order valence-corrected chi connectivity index (χ0v) is 15.0. The van der Waals surface area contributed by atoms with Crippen LogP contribution in [0.1, 0.15) is 24.1 Å². The van der Waals surface area contributed by atoms with Gasteiger partial charge in [-0.2, -0.15) is 0 Å². The number of nitrogens with one attached hydrogen (secondary N) is 2. The van der Waals surface area contributed by atoms with E-state index >= 15 is 0 Å². The second-order valence-corrected chi connectivity index (χ2v) is 6.11. The Morgan fingerprint density at radius 3 is 2.44 bits per heavy atom. The molecule has 2 aromatic carbocycles. The molecule has 0 heterocycles. The second-order valence-electron chi connectivity index (χ2n) is 5.70. The van der Waals surface area contributed by atoms with Gasteiger partial charge in [-0.15, -0.1) is 0 Å². The summed E-state index contributed by atoms with van der Waals surface area (Å²) in [5.41, 5.74) is 2.52. The Bertz CT molecular complexity index is 735. The molecule has 0 saturated heterocycles. The van der Waals surface area contributed by atoms with E-state index in [1.54, 1.807) is 12.1 Å². The molecule has 5 nitrogen and oxygen atoms in total. The van der Waals surface area contributed by atoms with Crippen LogP contribution in [0.2, 0.25) is 5.02 Å². The van der Waals surface area contributed by atoms with Crippen molar-refractivity contribution in [3.63, 3.8) is 0 Å². The Morgan fingerprint density at radius 1 is 1.08 bits per heavy atom. The number of carbonyl (C=O) groups is 2. The minimum Gasteiger partial charge on any atom is -0.362 e. The normalized spacial score (nSPS) is 11.6. The average Bonchev–Trinajstić information content (AvgIpc) is 2.59. The van der Waals surface area contributed by atoms with Crippen molar-refractivity contribution >= 4 is 29.1 Å². The highest BCUT2D eigenvalue weighted by molar-refractivity contribution is 6.31. The summed E-state index contributed by atoms with van der Waals surface area (Å²) in [6.45, 7) is 3.38. The van der Waals surface area contributed by atoms with E-state index < -0.39 is 0 Å². The molecule has 0 aromatic heterocycles. The lowest BCUT2D eigenvalue weighted by Gasteiger charge is -2.14. The van der Waals surface area contributed by atoms with E-state index in [0.29, 0.717) is 10.7 Å². The fourth-order valence-corrected chi connectivity index (χ4v) is 2.39. The lowest BCUT2D eigenvalue weighted by Crippen LogP contribution is -2.31. The maximum absolute atomic E-state index is 11.9. The molecule has 2 N–H and O–H groups in total. The van der Waals surface area contributed by atoms with Gasteiger partial charge in [-0.1, -0.05) is 48.0 Å². The van der Waals surface area contributed by atoms with Crippen molar-refractivity contribution < 1.29 is 14.3 Å². The maximum Gasteiger partial charge on any atom is 0.250 e. The number of rotatable bonds is 7. The summed E-state index contributed by atoms with van der Waals surface area (Å²) in [6.07, 6.45) is 0. The molecule has 0 radical (unpaired) electrons. The van der Waals surface area contributed by atoms with E-state index in [9.17, 15) is 9.59 Å². The highest BCUT2D eigenvalue weighted by Crippen LogP contribution is 2.19. The molecule has 0 bridgehead atoms. The van der Waals surface area contributed by atoms with Crippen LogP contribution in [0.25, 0.3) is 0 Å². The average molecular weight is 361 g/mol. The van der Waals surface area contributed by atoms with E-state index in [1.165, 1.54) is 0 Å². The van der Waals surface area contributed by atoms with Gasteiger partial charge >= 0.3 is 0 Å². The molecule has 25 heavy (non-hydrogen) atoms. The molecule has 2 aromatic rings. The lowest BCUT2D eigenvalue weighted by atomic mass is 10.1. The summed E-state index contributed by atoms with van der Waals surface area (Å²) in [5, 5.41) is 6.07. The zero-order chi connectivity index (χ0) is 18.2. The van der Waals surface area contributed by atoms with E-state index in [-0.39, 0.29) is 31.1 Å². The van der Waals surface area contributed by atoms with Gasteiger partial charge < -0.3 is 15.4 Å². The van der Waals surface area contributed by atoms with Gasteiger partial charge in [-0.05, 0) is 37.1 Å². The number of aryl methyl sites for hydroxylation is 1.